The van der Waals surface area contributed by atoms with E-state index in [-0.39, 0.29) is 17.9 Å². The number of fused-ring (bicyclic) bond motifs is 1. The monoisotopic (exact) mass is 411 g/mol. The largest absolute Gasteiger partial charge is 0.462 e. The molecule has 148 valence electrons. The lowest BCUT2D eigenvalue weighted by Crippen LogP contribution is -2.16. The summed E-state index contributed by atoms with van der Waals surface area (Å²) in [5.41, 5.74) is 1.36. The molecular formula is C20H17N3O5S. The highest BCUT2D eigenvalue weighted by Gasteiger charge is 2.13. The van der Waals surface area contributed by atoms with Crippen LogP contribution in [-0.2, 0) is 11.3 Å². The van der Waals surface area contributed by atoms with Crippen LogP contribution in [0.4, 0.5) is 5.69 Å². The summed E-state index contributed by atoms with van der Waals surface area (Å²) < 4.78 is 7.61. The summed E-state index contributed by atoms with van der Waals surface area (Å²) in [6.45, 7) is 6.17. The van der Waals surface area contributed by atoms with Gasteiger partial charge in [0.25, 0.3) is 11.6 Å². The standard InChI is InChI=1S/C20H17N3O5S/c1-3-11-22-16-10-7-14(19(25)28-4-2)12-17(16)29-20(22)21-18(24)13-5-8-15(9-6-13)23(26)27/h3,5-10,12H,1,4,11H2,2H3. The fourth-order valence-electron chi connectivity index (χ4n) is 2.68. The van der Waals surface area contributed by atoms with Crippen LogP contribution in [0.25, 0.3) is 10.2 Å². The number of hydrogen-bond acceptors (Lipinski definition) is 6. The van der Waals surface area contributed by atoms with Crippen LogP contribution in [0.2, 0.25) is 0 Å². The number of nitro benzene ring substituents is 1. The predicted octanol–water partition coefficient (Wildman–Crippen LogP) is 3.71. The molecule has 0 aliphatic heterocycles. The summed E-state index contributed by atoms with van der Waals surface area (Å²) in [6, 6.07) is 10.4. The lowest BCUT2D eigenvalue weighted by Gasteiger charge is -2.03. The first-order valence-electron chi connectivity index (χ1n) is 8.69. The lowest BCUT2D eigenvalue weighted by molar-refractivity contribution is -0.384. The number of nitro groups is 1. The molecule has 1 aromatic heterocycles. The number of carbonyl (C=O) groups is 2. The molecule has 0 radical (unpaired) electrons. The predicted molar refractivity (Wildman–Crippen MR) is 109 cm³/mol. The third kappa shape index (κ3) is 4.30. The van der Waals surface area contributed by atoms with Crippen LogP contribution in [-0.4, -0.2) is 28.0 Å². The van der Waals surface area contributed by atoms with Gasteiger partial charge in [-0.3, -0.25) is 14.9 Å². The first kappa shape index (κ1) is 20.2. The molecule has 3 aromatic rings. The molecule has 0 N–H and O–H groups in total. The highest BCUT2D eigenvalue weighted by molar-refractivity contribution is 7.16. The number of allylic oxidation sites excluding steroid dienone is 1. The summed E-state index contributed by atoms with van der Waals surface area (Å²) in [5.74, 6) is -0.937. The highest BCUT2D eigenvalue weighted by atomic mass is 32.1. The zero-order valence-corrected chi connectivity index (χ0v) is 16.3. The molecule has 0 fully saturated rings. The van der Waals surface area contributed by atoms with Gasteiger partial charge in [-0.15, -0.1) is 6.58 Å². The smallest absolute Gasteiger partial charge is 0.338 e. The average Bonchev–Trinajstić information content (AvgIpc) is 3.04. The van der Waals surface area contributed by atoms with E-state index in [1.54, 1.807) is 31.2 Å². The van der Waals surface area contributed by atoms with Gasteiger partial charge in [-0.25, -0.2) is 4.79 Å². The molecule has 8 nitrogen and oxygen atoms in total. The number of rotatable bonds is 6. The van der Waals surface area contributed by atoms with Crippen molar-refractivity contribution in [3.8, 4) is 0 Å². The number of thiazole rings is 1. The van der Waals surface area contributed by atoms with Crippen LogP contribution in [0.5, 0.6) is 0 Å². The van der Waals surface area contributed by atoms with Gasteiger partial charge in [0.1, 0.15) is 0 Å². The molecule has 1 amide bonds. The maximum Gasteiger partial charge on any atom is 0.338 e. The summed E-state index contributed by atoms with van der Waals surface area (Å²) in [7, 11) is 0. The van der Waals surface area contributed by atoms with E-state index >= 15 is 0 Å². The summed E-state index contributed by atoms with van der Waals surface area (Å²) >= 11 is 1.26. The van der Waals surface area contributed by atoms with Crippen molar-refractivity contribution in [3.05, 3.63) is 81.2 Å². The van der Waals surface area contributed by atoms with Gasteiger partial charge in [-0.1, -0.05) is 17.4 Å². The van der Waals surface area contributed by atoms with Crippen LogP contribution in [0.15, 0.2) is 60.1 Å². The molecule has 0 unspecified atom stereocenters. The van der Waals surface area contributed by atoms with E-state index in [9.17, 15) is 19.7 Å². The van der Waals surface area contributed by atoms with E-state index in [1.165, 1.54) is 35.6 Å². The molecule has 0 bridgehead atoms. The second-order valence-corrected chi connectivity index (χ2v) is 6.92. The van der Waals surface area contributed by atoms with E-state index in [4.69, 9.17) is 4.74 Å². The second kappa shape index (κ2) is 8.61. The van der Waals surface area contributed by atoms with Gasteiger partial charge < -0.3 is 9.30 Å². The molecule has 0 saturated heterocycles. The maximum absolute atomic E-state index is 12.5. The number of hydrogen-bond donors (Lipinski definition) is 0. The zero-order valence-electron chi connectivity index (χ0n) is 15.5. The molecule has 0 aliphatic rings. The number of aromatic nitrogens is 1. The zero-order chi connectivity index (χ0) is 21.0. The topological polar surface area (TPSA) is 104 Å². The van der Waals surface area contributed by atoms with Gasteiger partial charge in [-0.2, -0.15) is 4.99 Å². The number of ether oxygens (including phenoxy) is 1. The SMILES string of the molecule is C=CCn1c(=NC(=O)c2ccc([N+](=O)[O-])cc2)sc2cc(C(=O)OCC)ccc21. The van der Waals surface area contributed by atoms with E-state index in [1.807, 2.05) is 4.57 Å². The number of carbonyl (C=O) groups excluding carboxylic acids is 2. The third-order valence-electron chi connectivity index (χ3n) is 4.03. The van der Waals surface area contributed by atoms with E-state index in [0.29, 0.717) is 16.9 Å². The van der Waals surface area contributed by atoms with Gasteiger partial charge in [-0.05, 0) is 37.3 Å². The molecule has 0 aliphatic carbocycles. The van der Waals surface area contributed by atoms with Gasteiger partial charge in [0.15, 0.2) is 4.80 Å². The summed E-state index contributed by atoms with van der Waals surface area (Å²) in [5, 5.41) is 10.8. The normalized spacial score (nSPS) is 11.4. The van der Waals surface area contributed by atoms with Crippen LogP contribution in [0.3, 0.4) is 0 Å². The van der Waals surface area contributed by atoms with Gasteiger partial charge in [0.05, 0.1) is 27.3 Å². The first-order valence-corrected chi connectivity index (χ1v) is 9.51. The Labute approximate surface area is 169 Å². The van der Waals surface area contributed by atoms with Crippen molar-refractivity contribution in [1.29, 1.82) is 0 Å². The van der Waals surface area contributed by atoms with Crippen LogP contribution in [0, 0.1) is 10.1 Å². The molecule has 0 spiro atoms. The molecule has 2 aromatic carbocycles. The number of nitrogens with zero attached hydrogens (tertiary/aromatic N) is 3. The molecule has 1 heterocycles. The number of esters is 1. The molecule has 3 rings (SSSR count). The van der Waals surface area contributed by atoms with Gasteiger partial charge in [0, 0.05) is 24.2 Å². The van der Waals surface area contributed by atoms with Crippen LogP contribution in [0.1, 0.15) is 27.6 Å². The van der Waals surface area contributed by atoms with E-state index in [0.717, 1.165) is 10.2 Å². The lowest BCUT2D eigenvalue weighted by atomic mass is 10.2. The second-order valence-electron chi connectivity index (χ2n) is 5.91. The third-order valence-corrected chi connectivity index (χ3v) is 5.07. The minimum absolute atomic E-state index is 0.100. The fraction of sp³-hybridized carbons (Fsp3) is 0.150. The van der Waals surface area contributed by atoms with E-state index in [2.05, 4.69) is 11.6 Å². The van der Waals surface area contributed by atoms with Gasteiger partial charge in [0.2, 0.25) is 0 Å². The van der Waals surface area contributed by atoms with Gasteiger partial charge >= 0.3 is 5.97 Å². The van der Waals surface area contributed by atoms with Crippen molar-refractivity contribution >= 4 is 39.1 Å². The number of non-ortho nitro benzene ring substituents is 1. The minimum Gasteiger partial charge on any atom is -0.462 e. The van der Waals surface area contributed by atoms with E-state index < -0.39 is 16.8 Å². The Bertz CT molecular complexity index is 1180. The van der Waals surface area contributed by atoms with Crippen LogP contribution < -0.4 is 4.80 Å². The Balaban J connectivity index is 2.05. The Morgan fingerprint density at radius 3 is 2.55 bits per heavy atom. The molecule has 0 saturated carbocycles. The Kier molecular flexibility index (Phi) is 5.99. The van der Waals surface area contributed by atoms with Crippen molar-refractivity contribution in [2.24, 2.45) is 4.99 Å². The van der Waals surface area contributed by atoms with Crippen LogP contribution >= 0.6 is 11.3 Å². The molecule has 0 atom stereocenters. The van der Waals surface area contributed by atoms with Crippen molar-refractivity contribution in [2.45, 2.75) is 13.5 Å². The Hall–Kier alpha value is -3.59. The summed E-state index contributed by atoms with van der Waals surface area (Å²) in [6.07, 6.45) is 1.68. The molecular weight excluding hydrogens is 394 g/mol. The Morgan fingerprint density at radius 1 is 1.24 bits per heavy atom. The van der Waals surface area contributed by atoms with Crippen molar-refractivity contribution in [2.75, 3.05) is 6.61 Å². The van der Waals surface area contributed by atoms with Crippen molar-refractivity contribution in [1.82, 2.24) is 4.57 Å². The summed E-state index contributed by atoms with van der Waals surface area (Å²) in [4.78, 5) is 39.4. The van der Waals surface area contributed by atoms with Crippen molar-refractivity contribution in [3.63, 3.8) is 0 Å². The average molecular weight is 411 g/mol. The highest BCUT2D eigenvalue weighted by Crippen LogP contribution is 2.20. The fourth-order valence-corrected chi connectivity index (χ4v) is 3.76. The Morgan fingerprint density at radius 2 is 1.93 bits per heavy atom. The minimum atomic E-state index is -0.531. The molecule has 29 heavy (non-hydrogen) atoms. The number of benzene rings is 2. The van der Waals surface area contributed by atoms with Crippen molar-refractivity contribution < 1.29 is 19.2 Å². The quantitative estimate of drug-likeness (QED) is 0.266. The maximum atomic E-state index is 12.5. The molecule has 9 heteroatoms. The first-order chi connectivity index (χ1) is 13.9. The number of amides is 1.